The summed E-state index contributed by atoms with van der Waals surface area (Å²) in [4.78, 5) is 5.19. The lowest BCUT2D eigenvalue weighted by Gasteiger charge is -2.16. The summed E-state index contributed by atoms with van der Waals surface area (Å²) >= 11 is 5.98. The monoisotopic (exact) mass is 420 g/mol. The van der Waals surface area contributed by atoms with Crippen LogP contribution in [0.4, 0.5) is 18.9 Å². The fourth-order valence-electron chi connectivity index (χ4n) is 2.06. The Morgan fingerprint density at radius 2 is 1.85 bits per heavy atom. The summed E-state index contributed by atoms with van der Waals surface area (Å²) < 4.78 is 62.9. The highest BCUT2D eigenvalue weighted by atomic mass is 35.5. The number of hydrogen-bond acceptors (Lipinski definition) is 4. The van der Waals surface area contributed by atoms with Gasteiger partial charge in [-0.25, -0.2) is 0 Å². The highest BCUT2D eigenvalue weighted by molar-refractivity contribution is 7.93. The molecule has 10 heteroatoms. The number of nitrogens with zero attached hydrogens (tertiary/aromatic N) is 1. The lowest BCUT2D eigenvalue weighted by Crippen LogP contribution is -2.30. The molecule has 5 nitrogen and oxygen atoms in total. The molecule has 2 rings (SSSR count). The van der Waals surface area contributed by atoms with E-state index in [0.717, 1.165) is 6.07 Å². The average molecular weight is 421 g/mol. The number of alkyl halides is 3. The lowest BCUT2D eigenvalue weighted by atomic mass is 10.0. The van der Waals surface area contributed by atoms with E-state index in [0.29, 0.717) is 12.0 Å². The summed E-state index contributed by atoms with van der Waals surface area (Å²) in [6.45, 7) is 2.14. The molecule has 0 aliphatic heterocycles. The Labute approximate surface area is 159 Å². The summed E-state index contributed by atoms with van der Waals surface area (Å²) in [5, 5.41) is 4.18. The molecule has 0 aliphatic rings. The molecule has 0 spiro atoms. The van der Waals surface area contributed by atoms with Crippen molar-refractivity contribution in [2.75, 3.05) is 11.3 Å². The molecule has 27 heavy (non-hydrogen) atoms. The van der Waals surface area contributed by atoms with Crippen LogP contribution in [0.1, 0.15) is 24.5 Å². The topological polar surface area (TPSA) is 67.8 Å². The number of oxime groups is 1. The fourth-order valence-corrected chi connectivity index (χ4v) is 2.81. The van der Waals surface area contributed by atoms with Crippen molar-refractivity contribution in [3.05, 3.63) is 64.7 Å². The number of hydrogen-bond donors (Lipinski definition) is 1. The zero-order chi connectivity index (χ0) is 20.1. The van der Waals surface area contributed by atoms with E-state index in [4.69, 9.17) is 16.4 Å². The van der Waals surface area contributed by atoms with Crippen LogP contribution in [-0.4, -0.2) is 26.2 Å². The van der Waals surface area contributed by atoms with Crippen LogP contribution in [0.25, 0.3) is 0 Å². The summed E-state index contributed by atoms with van der Waals surface area (Å²) in [6.07, 6.45) is 0.661. The first-order valence-electron chi connectivity index (χ1n) is 7.80. The minimum absolute atomic E-state index is 0.0534. The number of rotatable bonds is 7. The maximum Gasteiger partial charge on any atom is 0.516 e. The first-order chi connectivity index (χ1) is 12.7. The maximum atomic E-state index is 12.8. The molecule has 0 aliphatic carbocycles. The van der Waals surface area contributed by atoms with Gasteiger partial charge in [0.1, 0.15) is 12.3 Å². The third-order valence-corrected chi connectivity index (χ3v) is 4.62. The second kappa shape index (κ2) is 8.62. The quantitative estimate of drug-likeness (QED) is 0.398. The first-order valence-corrected chi connectivity index (χ1v) is 9.66. The maximum absolute atomic E-state index is 12.8. The Hall–Kier alpha value is -2.26. The molecule has 0 aromatic heterocycles. The van der Waals surface area contributed by atoms with Crippen LogP contribution in [0.3, 0.4) is 0 Å². The first kappa shape index (κ1) is 21.0. The van der Waals surface area contributed by atoms with Crippen LogP contribution >= 0.6 is 11.6 Å². The van der Waals surface area contributed by atoms with E-state index in [1.807, 2.05) is 6.92 Å². The standard InChI is InChI=1S/C17H16ClF3N2O3S/c1-2-10-26-22-16(12-6-4-3-5-7-12)14-11-13(18)8-9-15(14)23-27(24,25)17(19,20)21/h3-9,11,23H,2,10H2,1H3. The molecule has 0 saturated heterocycles. The minimum Gasteiger partial charge on any atom is -0.395 e. The van der Waals surface area contributed by atoms with Gasteiger partial charge in [-0.15, -0.1) is 0 Å². The molecule has 0 radical (unpaired) electrons. The van der Waals surface area contributed by atoms with E-state index in [9.17, 15) is 21.6 Å². The largest absolute Gasteiger partial charge is 0.516 e. The SMILES string of the molecule is CCCON=C(c1ccccc1)c1cc(Cl)ccc1NS(=O)(=O)C(F)(F)F. The predicted octanol–water partition coefficient (Wildman–Crippen LogP) is 4.78. The third-order valence-electron chi connectivity index (χ3n) is 3.28. The summed E-state index contributed by atoms with van der Waals surface area (Å²) in [5.74, 6) is 0. The van der Waals surface area contributed by atoms with Gasteiger partial charge in [0, 0.05) is 16.1 Å². The molecule has 0 heterocycles. The average Bonchev–Trinajstić information content (AvgIpc) is 2.60. The Morgan fingerprint density at radius 1 is 1.19 bits per heavy atom. The number of sulfonamides is 1. The van der Waals surface area contributed by atoms with Crippen LogP contribution < -0.4 is 4.72 Å². The van der Waals surface area contributed by atoms with E-state index in [2.05, 4.69) is 5.16 Å². The molecular weight excluding hydrogens is 405 g/mol. The van der Waals surface area contributed by atoms with Crippen molar-refractivity contribution < 1.29 is 26.4 Å². The molecule has 0 bridgehead atoms. The molecule has 0 saturated carbocycles. The zero-order valence-corrected chi connectivity index (χ0v) is 15.7. The second-order valence-corrected chi connectivity index (χ2v) is 7.49. The molecule has 1 N–H and O–H groups in total. The smallest absolute Gasteiger partial charge is 0.395 e. The Kier molecular flexibility index (Phi) is 6.72. The Morgan fingerprint density at radius 3 is 2.44 bits per heavy atom. The van der Waals surface area contributed by atoms with Crippen molar-refractivity contribution in [1.29, 1.82) is 0 Å². The van der Waals surface area contributed by atoms with Crippen molar-refractivity contribution in [2.24, 2.45) is 5.16 Å². The molecule has 2 aromatic carbocycles. The second-order valence-electron chi connectivity index (χ2n) is 5.38. The predicted molar refractivity (Wildman–Crippen MR) is 98.4 cm³/mol. The van der Waals surface area contributed by atoms with Gasteiger partial charge in [-0.3, -0.25) is 4.72 Å². The third kappa shape index (κ3) is 5.36. The van der Waals surface area contributed by atoms with Crippen molar-refractivity contribution >= 4 is 33.0 Å². The van der Waals surface area contributed by atoms with Gasteiger partial charge in [-0.1, -0.05) is 54.0 Å². The zero-order valence-electron chi connectivity index (χ0n) is 14.1. The number of halogens is 4. The van der Waals surface area contributed by atoms with Gasteiger partial charge in [-0.2, -0.15) is 21.6 Å². The van der Waals surface area contributed by atoms with Crippen molar-refractivity contribution in [3.63, 3.8) is 0 Å². The highest BCUT2D eigenvalue weighted by Crippen LogP contribution is 2.30. The summed E-state index contributed by atoms with van der Waals surface area (Å²) in [6, 6.07) is 12.2. The van der Waals surface area contributed by atoms with Crippen LogP contribution in [0, 0.1) is 0 Å². The summed E-state index contributed by atoms with van der Waals surface area (Å²) in [7, 11) is -5.62. The van der Waals surface area contributed by atoms with Gasteiger partial charge in [0.25, 0.3) is 0 Å². The van der Waals surface area contributed by atoms with E-state index in [1.165, 1.54) is 12.1 Å². The molecule has 2 aromatic rings. The Balaban J connectivity index is 2.59. The van der Waals surface area contributed by atoms with Crippen LogP contribution in [0.5, 0.6) is 0 Å². The highest BCUT2D eigenvalue weighted by Gasteiger charge is 2.46. The van der Waals surface area contributed by atoms with Gasteiger partial charge in [0.2, 0.25) is 0 Å². The Bertz CT molecular complexity index is 917. The van der Waals surface area contributed by atoms with Crippen molar-refractivity contribution in [3.8, 4) is 0 Å². The number of anilines is 1. The van der Waals surface area contributed by atoms with E-state index in [1.54, 1.807) is 35.1 Å². The van der Waals surface area contributed by atoms with Gasteiger partial charge >= 0.3 is 15.5 Å². The molecule has 0 amide bonds. The minimum atomic E-state index is -5.62. The van der Waals surface area contributed by atoms with Crippen molar-refractivity contribution in [2.45, 2.75) is 18.9 Å². The molecule has 0 unspecified atom stereocenters. The van der Waals surface area contributed by atoms with Gasteiger partial charge < -0.3 is 4.84 Å². The molecule has 0 atom stereocenters. The number of benzene rings is 2. The van der Waals surface area contributed by atoms with E-state index in [-0.39, 0.29) is 28.6 Å². The normalized spacial score (nSPS) is 12.7. The fraction of sp³-hybridized carbons (Fsp3) is 0.235. The van der Waals surface area contributed by atoms with E-state index < -0.39 is 15.5 Å². The van der Waals surface area contributed by atoms with Crippen LogP contribution in [-0.2, 0) is 14.9 Å². The van der Waals surface area contributed by atoms with Gasteiger partial charge in [0.05, 0.1) is 5.69 Å². The van der Waals surface area contributed by atoms with Crippen LogP contribution in [0.15, 0.2) is 53.7 Å². The molecule has 146 valence electrons. The van der Waals surface area contributed by atoms with Gasteiger partial charge in [-0.05, 0) is 24.6 Å². The number of nitrogens with one attached hydrogen (secondary N) is 1. The molecule has 0 fully saturated rings. The van der Waals surface area contributed by atoms with Crippen LogP contribution in [0.2, 0.25) is 5.02 Å². The molecular formula is C17H16ClF3N2O3S. The lowest BCUT2D eigenvalue weighted by molar-refractivity contribution is -0.0429. The van der Waals surface area contributed by atoms with Crippen molar-refractivity contribution in [1.82, 2.24) is 0 Å². The summed E-state index contributed by atoms with van der Waals surface area (Å²) in [5.41, 5.74) is -5.07. The van der Waals surface area contributed by atoms with E-state index >= 15 is 0 Å². The van der Waals surface area contributed by atoms with Gasteiger partial charge in [0.15, 0.2) is 0 Å².